The number of fused-ring (bicyclic) bond motifs is 1. The zero-order valence-electron chi connectivity index (χ0n) is 15.2. The predicted molar refractivity (Wildman–Crippen MR) is 106 cm³/mol. The van der Waals surface area contributed by atoms with Gasteiger partial charge in [0.1, 0.15) is 0 Å². The number of rotatable bonds is 7. The molecule has 0 saturated carbocycles. The number of non-ortho nitro benzene ring substituents is 1. The molecule has 0 spiro atoms. The molecule has 1 heterocycles. The quantitative estimate of drug-likeness (QED) is 0.430. The summed E-state index contributed by atoms with van der Waals surface area (Å²) in [5.74, 6) is 1.39. The maximum absolute atomic E-state index is 11.1. The van der Waals surface area contributed by atoms with E-state index >= 15 is 0 Å². The number of aromatic nitrogens is 1. The van der Waals surface area contributed by atoms with Crippen molar-refractivity contribution >= 4 is 28.7 Å². The second-order valence-corrected chi connectivity index (χ2v) is 5.93. The average molecular weight is 364 g/mol. The Labute approximate surface area is 157 Å². The average Bonchev–Trinajstić information content (AvgIpc) is 2.69. The van der Waals surface area contributed by atoms with Gasteiger partial charge < -0.3 is 9.47 Å². The molecule has 0 radical (unpaired) electrons. The van der Waals surface area contributed by atoms with Crippen molar-refractivity contribution < 1.29 is 14.4 Å². The van der Waals surface area contributed by atoms with Gasteiger partial charge in [-0.2, -0.15) is 0 Å². The number of pyridine rings is 1. The Morgan fingerprint density at radius 3 is 2.70 bits per heavy atom. The number of benzene rings is 2. The van der Waals surface area contributed by atoms with Crippen molar-refractivity contribution in [1.82, 2.24) is 4.98 Å². The third kappa shape index (κ3) is 4.23. The standard InChI is InChI=1S/C21H20N2O4/c1-3-13-27-21-14-15(8-12-20(21)26-2)7-9-16-10-11-17-18(22-16)5-4-6-19(17)23(24)25/h4-12,14H,3,13H2,1-2H3/b9-7+. The molecule has 6 heteroatoms. The zero-order chi connectivity index (χ0) is 19.2. The van der Waals surface area contributed by atoms with Gasteiger partial charge in [0, 0.05) is 6.07 Å². The molecular formula is C21H20N2O4. The van der Waals surface area contributed by atoms with Crippen molar-refractivity contribution in [3.63, 3.8) is 0 Å². The van der Waals surface area contributed by atoms with Crippen LogP contribution in [0.1, 0.15) is 24.6 Å². The molecule has 3 aromatic rings. The van der Waals surface area contributed by atoms with Crippen molar-refractivity contribution in [2.24, 2.45) is 0 Å². The van der Waals surface area contributed by atoms with Crippen molar-refractivity contribution in [2.75, 3.05) is 13.7 Å². The van der Waals surface area contributed by atoms with Gasteiger partial charge in [-0.3, -0.25) is 10.1 Å². The van der Waals surface area contributed by atoms with Gasteiger partial charge in [-0.1, -0.05) is 25.1 Å². The van der Waals surface area contributed by atoms with E-state index in [-0.39, 0.29) is 5.69 Å². The Kier molecular flexibility index (Phi) is 5.66. The van der Waals surface area contributed by atoms with E-state index < -0.39 is 4.92 Å². The van der Waals surface area contributed by atoms with Crippen LogP contribution in [0.4, 0.5) is 5.69 Å². The number of methoxy groups -OCH3 is 1. The van der Waals surface area contributed by atoms with Crippen LogP contribution in [0.2, 0.25) is 0 Å². The molecule has 0 N–H and O–H groups in total. The van der Waals surface area contributed by atoms with Gasteiger partial charge in [-0.05, 0) is 48.4 Å². The smallest absolute Gasteiger partial charge is 0.278 e. The van der Waals surface area contributed by atoms with Gasteiger partial charge >= 0.3 is 0 Å². The van der Waals surface area contributed by atoms with Crippen LogP contribution in [-0.2, 0) is 0 Å². The maximum Gasteiger partial charge on any atom is 0.278 e. The van der Waals surface area contributed by atoms with Crippen molar-refractivity contribution in [1.29, 1.82) is 0 Å². The van der Waals surface area contributed by atoms with Crippen LogP contribution >= 0.6 is 0 Å². The Hall–Kier alpha value is -3.41. The first-order valence-electron chi connectivity index (χ1n) is 8.65. The number of nitro groups is 1. The number of hydrogen-bond acceptors (Lipinski definition) is 5. The van der Waals surface area contributed by atoms with Crippen LogP contribution in [-0.4, -0.2) is 23.6 Å². The van der Waals surface area contributed by atoms with Crippen molar-refractivity contribution in [2.45, 2.75) is 13.3 Å². The van der Waals surface area contributed by atoms with Crippen molar-refractivity contribution in [3.05, 3.63) is 69.9 Å². The Morgan fingerprint density at radius 1 is 1.11 bits per heavy atom. The molecule has 0 unspecified atom stereocenters. The first kappa shape index (κ1) is 18.4. The second-order valence-electron chi connectivity index (χ2n) is 5.93. The fourth-order valence-electron chi connectivity index (χ4n) is 2.71. The number of nitrogens with zero attached hydrogens (tertiary/aromatic N) is 2. The van der Waals surface area contributed by atoms with E-state index in [9.17, 15) is 10.1 Å². The molecule has 0 aliphatic rings. The van der Waals surface area contributed by atoms with Gasteiger partial charge in [-0.25, -0.2) is 4.98 Å². The lowest BCUT2D eigenvalue weighted by atomic mass is 10.1. The minimum atomic E-state index is -0.394. The van der Waals surface area contributed by atoms with Crippen LogP contribution in [0.15, 0.2) is 48.5 Å². The third-order valence-electron chi connectivity index (χ3n) is 4.02. The number of nitro benzene ring substituents is 1. The summed E-state index contributed by atoms with van der Waals surface area (Å²) in [6.45, 7) is 2.67. The van der Waals surface area contributed by atoms with E-state index in [1.54, 1.807) is 31.4 Å². The van der Waals surface area contributed by atoms with Gasteiger partial charge in [0.05, 0.1) is 35.2 Å². The summed E-state index contributed by atoms with van der Waals surface area (Å²) in [4.78, 5) is 15.2. The van der Waals surface area contributed by atoms with E-state index in [1.165, 1.54) is 6.07 Å². The van der Waals surface area contributed by atoms with Gasteiger partial charge in [-0.15, -0.1) is 0 Å². The molecule has 0 fully saturated rings. The maximum atomic E-state index is 11.1. The summed E-state index contributed by atoms with van der Waals surface area (Å²) in [7, 11) is 1.61. The largest absolute Gasteiger partial charge is 0.493 e. The fraction of sp³-hybridized carbons (Fsp3) is 0.190. The van der Waals surface area contributed by atoms with Gasteiger partial charge in [0.25, 0.3) is 5.69 Å². The summed E-state index contributed by atoms with van der Waals surface area (Å²) >= 11 is 0. The van der Waals surface area contributed by atoms with Gasteiger partial charge in [0.15, 0.2) is 11.5 Å². The molecule has 0 amide bonds. The molecule has 0 aliphatic heterocycles. The summed E-state index contributed by atoms with van der Waals surface area (Å²) in [6.07, 6.45) is 4.70. The lowest BCUT2D eigenvalue weighted by Crippen LogP contribution is -1.97. The highest BCUT2D eigenvalue weighted by Gasteiger charge is 2.11. The molecule has 27 heavy (non-hydrogen) atoms. The lowest BCUT2D eigenvalue weighted by molar-refractivity contribution is -0.383. The van der Waals surface area contributed by atoms with E-state index in [1.807, 2.05) is 37.3 Å². The SMILES string of the molecule is CCCOc1cc(/C=C/c2ccc3c([N+](=O)[O-])cccc3n2)ccc1OC. The molecule has 3 rings (SSSR count). The number of hydrogen-bond donors (Lipinski definition) is 0. The fourth-order valence-corrected chi connectivity index (χ4v) is 2.71. The topological polar surface area (TPSA) is 74.5 Å². The van der Waals surface area contributed by atoms with E-state index in [4.69, 9.17) is 9.47 Å². The lowest BCUT2D eigenvalue weighted by Gasteiger charge is -2.10. The number of ether oxygens (including phenoxy) is 2. The normalized spacial score (nSPS) is 11.0. The molecule has 0 aliphatic carbocycles. The zero-order valence-corrected chi connectivity index (χ0v) is 15.2. The Morgan fingerprint density at radius 2 is 1.96 bits per heavy atom. The molecule has 0 saturated heterocycles. The Bertz CT molecular complexity index is 999. The first-order valence-corrected chi connectivity index (χ1v) is 8.65. The predicted octanol–water partition coefficient (Wildman–Crippen LogP) is 5.11. The minimum absolute atomic E-state index is 0.0587. The Balaban J connectivity index is 1.88. The van der Waals surface area contributed by atoms with Gasteiger partial charge in [0.2, 0.25) is 0 Å². The highest BCUT2D eigenvalue weighted by molar-refractivity contribution is 5.89. The van der Waals surface area contributed by atoms with E-state index in [0.29, 0.717) is 29.0 Å². The molecule has 0 bridgehead atoms. The summed E-state index contributed by atoms with van der Waals surface area (Å²) in [6, 6.07) is 14.1. The molecule has 2 aromatic carbocycles. The van der Waals surface area contributed by atoms with Crippen LogP contribution in [0.3, 0.4) is 0 Å². The minimum Gasteiger partial charge on any atom is -0.493 e. The van der Waals surface area contributed by atoms with Crippen LogP contribution < -0.4 is 9.47 Å². The molecule has 6 nitrogen and oxygen atoms in total. The summed E-state index contributed by atoms with van der Waals surface area (Å²) in [5.41, 5.74) is 2.31. The van der Waals surface area contributed by atoms with Crippen molar-refractivity contribution in [3.8, 4) is 11.5 Å². The highest BCUT2D eigenvalue weighted by Crippen LogP contribution is 2.29. The summed E-state index contributed by atoms with van der Waals surface area (Å²) < 4.78 is 11.0. The van der Waals surface area contributed by atoms with Crippen LogP contribution in [0.5, 0.6) is 11.5 Å². The molecular weight excluding hydrogens is 344 g/mol. The van der Waals surface area contributed by atoms with E-state index in [2.05, 4.69) is 4.98 Å². The molecule has 1 aromatic heterocycles. The van der Waals surface area contributed by atoms with Crippen LogP contribution in [0, 0.1) is 10.1 Å². The summed E-state index contributed by atoms with van der Waals surface area (Å²) in [5, 5.41) is 11.6. The monoisotopic (exact) mass is 364 g/mol. The third-order valence-corrected chi connectivity index (χ3v) is 4.02. The van der Waals surface area contributed by atoms with E-state index in [0.717, 1.165) is 17.7 Å². The molecule has 0 atom stereocenters. The second kappa shape index (κ2) is 8.31. The highest BCUT2D eigenvalue weighted by atomic mass is 16.6. The molecule has 138 valence electrons. The van der Waals surface area contributed by atoms with Crippen LogP contribution in [0.25, 0.3) is 23.1 Å². The first-order chi connectivity index (χ1) is 13.1.